The molecule has 1 aliphatic heterocycles. The third-order valence-electron chi connectivity index (χ3n) is 3.53. The molecule has 1 aromatic rings. The highest BCUT2D eigenvalue weighted by atomic mass is 16.2. The van der Waals surface area contributed by atoms with Crippen molar-refractivity contribution >= 4 is 11.8 Å². The third-order valence-corrected chi connectivity index (χ3v) is 3.53. The molecule has 0 aromatic carbocycles. The van der Waals surface area contributed by atoms with Gasteiger partial charge in [-0.1, -0.05) is 20.8 Å². The molecule has 1 N–H and O–H groups in total. The molecule has 1 atom stereocenters. The van der Waals surface area contributed by atoms with Crippen molar-refractivity contribution in [3.63, 3.8) is 0 Å². The smallest absolute Gasteiger partial charge is 0.246 e. The molecule has 7 heteroatoms. The lowest BCUT2D eigenvalue weighted by atomic mass is 9.85. The third kappa shape index (κ3) is 3.22. The summed E-state index contributed by atoms with van der Waals surface area (Å²) in [6, 6.07) is -0.344. The minimum absolute atomic E-state index is 0.0658. The molecule has 0 bridgehead atoms. The molecule has 116 valence electrons. The number of nitrogens with zero attached hydrogens (tertiary/aromatic N) is 4. The number of hydrogen-bond acceptors (Lipinski definition) is 4. The van der Waals surface area contributed by atoms with Gasteiger partial charge in [-0.2, -0.15) is 5.10 Å². The van der Waals surface area contributed by atoms with Crippen molar-refractivity contribution in [1.29, 1.82) is 0 Å². The van der Waals surface area contributed by atoms with Gasteiger partial charge in [0.1, 0.15) is 24.7 Å². The van der Waals surface area contributed by atoms with Crippen molar-refractivity contribution in [1.82, 2.24) is 25.0 Å². The standard InChI is InChI=1S/C14H23N5O2/c1-9(2)19-10(15-8-16-19)6-18-7-11(20)17-12(13(18)21)14(3,4)5/h8-9,12H,6-7H2,1-5H3,(H,17,20). The molecule has 2 amide bonds. The van der Waals surface area contributed by atoms with Crippen LogP contribution in [0.4, 0.5) is 0 Å². The number of carbonyl (C=O) groups is 2. The number of nitrogens with one attached hydrogen (secondary N) is 1. The van der Waals surface area contributed by atoms with Crippen LogP contribution in [0.1, 0.15) is 46.5 Å². The topological polar surface area (TPSA) is 80.1 Å². The summed E-state index contributed by atoms with van der Waals surface area (Å²) in [5, 5.41) is 6.94. The molecule has 21 heavy (non-hydrogen) atoms. The van der Waals surface area contributed by atoms with E-state index >= 15 is 0 Å². The van der Waals surface area contributed by atoms with Crippen LogP contribution in [0.15, 0.2) is 6.33 Å². The van der Waals surface area contributed by atoms with Crippen molar-refractivity contribution in [3.8, 4) is 0 Å². The van der Waals surface area contributed by atoms with E-state index in [4.69, 9.17) is 0 Å². The van der Waals surface area contributed by atoms with Gasteiger partial charge >= 0.3 is 0 Å². The lowest BCUT2D eigenvalue weighted by Gasteiger charge is -2.38. The van der Waals surface area contributed by atoms with E-state index in [2.05, 4.69) is 15.4 Å². The van der Waals surface area contributed by atoms with Gasteiger partial charge in [0.2, 0.25) is 11.8 Å². The summed E-state index contributed by atoms with van der Waals surface area (Å²) < 4.78 is 1.77. The first-order valence-electron chi connectivity index (χ1n) is 7.16. The fraction of sp³-hybridized carbons (Fsp3) is 0.714. The largest absolute Gasteiger partial charge is 0.342 e. The lowest BCUT2D eigenvalue weighted by Crippen LogP contribution is -2.62. The van der Waals surface area contributed by atoms with Crippen molar-refractivity contribution in [2.45, 2.75) is 53.2 Å². The Hall–Kier alpha value is -1.92. The molecule has 0 spiro atoms. The maximum absolute atomic E-state index is 12.6. The van der Waals surface area contributed by atoms with E-state index in [-0.39, 0.29) is 29.8 Å². The second kappa shape index (κ2) is 5.46. The Morgan fingerprint density at radius 2 is 2.05 bits per heavy atom. The zero-order valence-electron chi connectivity index (χ0n) is 13.3. The van der Waals surface area contributed by atoms with Gasteiger partial charge in [-0.3, -0.25) is 9.59 Å². The van der Waals surface area contributed by atoms with E-state index < -0.39 is 6.04 Å². The molecular weight excluding hydrogens is 270 g/mol. The van der Waals surface area contributed by atoms with E-state index in [1.165, 1.54) is 6.33 Å². The Morgan fingerprint density at radius 3 is 2.62 bits per heavy atom. The number of carbonyl (C=O) groups excluding carboxylic acids is 2. The predicted octanol–water partition coefficient (Wildman–Crippen LogP) is 0.732. The highest BCUT2D eigenvalue weighted by molar-refractivity contribution is 5.95. The molecule has 0 radical (unpaired) electrons. The zero-order valence-corrected chi connectivity index (χ0v) is 13.3. The van der Waals surface area contributed by atoms with Crippen molar-refractivity contribution < 1.29 is 9.59 Å². The molecule has 1 unspecified atom stereocenters. The Bertz CT molecular complexity index is 544. The molecule has 0 aliphatic carbocycles. The van der Waals surface area contributed by atoms with Gasteiger partial charge in [0.25, 0.3) is 0 Å². The molecule has 0 saturated carbocycles. The highest BCUT2D eigenvalue weighted by Gasteiger charge is 2.40. The van der Waals surface area contributed by atoms with Crippen LogP contribution in [0.5, 0.6) is 0 Å². The number of hydrogen-bond donors (Lipinski definition) is 1. The number of amides is 2. The van der Waals surface area contributed by atoms with Crippen LogP contribution in [-0.4, -0.2) is 44.1 Å². The Kier molecular flexibility index (Phi) is 4.02. The molecule has 2 rings (SSSR count). The first-order valence-corrected chi connectivity index (χ1v) is 7.16. The fourth-order valence-corrected chi connectivity index (χ4v) is 2.41. The van der Waals surface area contributed by atoms with E-state index in [0.717, 1.165) is 0 Å². The van der Waals surface area contributed by atoms with Crippen molar-refractivity contribution in [2.75, 3.05) is 6.54 Å². The van der Waals surface area contributed by atoms with Crippen LogP contribution < -0.4 is 5.32 Å². The van der Waals surface area contributed by atoms with Crippen LogP contribution in [0, 0.1) is 5.41 Å². The molecule has 1 fully saturated rings. The number of rotatable bonds is 3. The summed E-state index contributed by atoms with van der Waals surface area (Å²) in [7, 11) is 0. The molecule has 1 aromatic heterocycles. The number of aromatic nitrogens is 3. The van der Waals surface area contributed by atoms with Gasteiger partial charge in [-0.15, -0.1) is 0 Å². The Morgan fingerprint density at radius 1 is 1.38 bits per heavy atom. The van der Waals surface area contributed by atoms with E-state index in [1.807, 2.05) is 34.6 Å². The first kappa shape index (κ1) is 15.5. The normalized spacial score (nSPS) is 20.1. The van der Waals surface area contributed by atoms with Crippen LogP contribution in [0.3, 0.4) is 0 Å². The molecule has 1 saturated heterocycles. The number of piperazine rings is 1. The Labute approximate surface area is 124 Å². The summed E-state index contributed by atoms with van der Waals surface area (Å²) in [5.41, 5.74) is -0.322. The average molecular weight is 293 g/mol. The van der Waals surface area contributed by atoms with E-state index in [9.17, 15) is 9.59 Å². The van der Waals surface area contributed by atoms with Gasteiger partial charge < -0.3 is 10.2 Å². The van der Waals surface area contributed by atoms with E-state index in [1.54, 1.807) is 9.58 Å². The Balaban J connectivity index is 2.21. The second-order valence-electron chi connectivity index (χ2n) is 6.78. The minimum Gasteiger partial charge on any atom is -0.342 e. The average Bonchev–Trinajstić information content (AvgIpc) is 2.80. The van der Waals surface area contributed by atoms with Gasteiger partial charge in [-0.05, 0) is 19.3 Å². The SMILES string of the molecule is CC(C)n1ncnc1CN1CC(=O)NC(C(C)(C)C)C1=O. The maximum atomic E-state index is 12.6. The second-order valence-corrected chi connectivity index (χ2v) is 6.78. The van der Waals surface area contributed by atoms with Crippen LogP contribution in [0.25, 0.3) is 0 Å². The summed E-state index contributed by atoms with van der Waals surface area (Å²) in [4.78, 5) is 30.2. The molecule has 7 nitrogen and oxygen atoms in total. The zero-order chi connectivity index (χ0) is 15.8. The summed E-state index contributed by atoms with van der Waals surface area (Å²) in [6.45, 7) is 10.2. The summed E-state index contributed by atoms with van der Waals surface area (Å²) in [6.07, 6.45) is 1.48. The van der Waals surface area contributed by atoms with Gasteiger partial charge in [0.15, 0.2) is 0 Å². The lowest BCUT2D eigenvalue weighted by molar-refractivity contribution is -0.148. The summed E-state index contributed by atoms with van der Waals surface area (Å²) >= 11 is 0. The van der Waals surface area contributed by atoms with Crippen LogP contribution in [-0.2, 0) is 16.1 Å². The minimum atomic E-state index is -0.505. The predicted molar refractivity (Wildman–Crippen MR) is 77.2 cm³/mol. The monoisotopic (exact) mass is 293 g/mol. The first-order chi connectivity index (χ1) is 9.70. The highest BCUT2D eigenvalue weighted by Crippen LogP contribution is 2.24. The van der Waals surface area contributed by atoms with Crippen LogP contribution in [0.2, 0.25) is 0 Å². The summed E-state index contributed by atoms with van der Waals surface area (Å²) in [5.74, 6) is 0.492. The van der Waals surface area contributed by atoms with Crippen LogP contribution >= 0.6 is 0 Å². The fourth-order valence-electron chi connectivity index (χ4n) is 2.41. The molecule has 2 heterocycles. The van der Waals surface area contributed by atoms with Crippen molar-refractivity contribution in [2.24, 2.45) is 5.41 Å². The van der Waals surface area contributed by atoms with Gasteiger partial charge in [0, 0.05) is 6.04 Å². The molecule has 1 aliphatic rings. The van der Waals surface area contributed by atoms with Crippen molar-refractivity contribution in [3.05, 3.63) is 12.2 Å². The maximum Gasteiger partial charge on any atom is 0.246 e. The van der Waals surface area contributed by atoms with Gasteiger partial charge in [0.05, 0.1) is 6.54 Å². The molecular formula is C14H23N5O2. The quantitative estimate of drug-likeness (QED) is 0.891. The van der Waals surface area contributed by atoms with Gasteiger partial charge in [-0.25, -0.2) is 9.67 Å². The van der Waals surface area contributed by atoms with E-state index in [0.29, 0.717) is 12.4 Å².